The molecule has 0 spiro atoms. The van der Waals surface area contributed by atoms with Crippen molar-refractivity contribution in [1.82, 2.24) is 9.88 Å². The molecule has 4 heteroatoms. The number of hydrogen-bond acceptors (Lipinski definition) is 4. The molecule has 0 N–H and O–H groups in total. The molecule has 1 atom stereocenters. The Bertz CT molecular complexity index is 398. The largest absolute Gasteiger partial charge is 0.448 e. The molecule has 17 heavy (non-hydrogen) atoms. The summed E-state index contributed by atoms with van der Waals surface area (Å²) in [6.45, 7) is 8.06. The monoisotopic (exact) mass is 236 g/mol. The highest BCUT2D eigenvalue weighted by atomic mass is 16.3. The summed E-state index contributed by atoms with van der Waals surface area (Å²) in [5, 5.41) is 0. The maximum atomic E-state index is 11.2. The van der Waals surface area contributed by atoms with Crippen molar-refractivity contribution in [1.29, 1.82) is 0 Å². The van der Waals surface area contributed by atoms with Gasteiger partial charge in [0.25, 0.3) is 0 Å². The van der Waals surface area contributed by atoms with Crippen LogP contribution in [0.15, 0.2) is 10.7 Å². The van der Waals surface area contributed by atoms with Gasteiger partial charge in [0.05, 0.1) is 0 Å². The van der Waals surface area contributed by atoms with E-state index in [1.165, 1.54) is 19.6 Å². The van der Waals surface area contributed by atoms with E-state index in [-0.39, 0.29) is 5.78 Å². The van der Waals surface area contributed by atoms with E-state index in [1.807, 2.05) is 0 Å². The summed E-state index contributed by atoms with van der Waals surface area (Å²) in [7, 11) is 0. The van der Waals surface area contributed by atoms with E-state index in [9.17, 15) is 4.79 Å². The SMILES string of the molecule is CC(=O)c1coc(C2CCCN(C(C)C)C2)n1. The molecule has 1 aromatic rings. The first-order chi connectivity index (χ1) is 8.08. The minimum atomic E-state index is -0.0310. The standard InChI is InChI=1S/C13H20N2O2/c1-9(2)15-6-4-5-11(7-15)13-14-12(8-17-13)10(3)16/h8-9,11H,4-7H2,1-3H3. The van der Waals surface area contributed by atoms with Crippen molar-refractivity contribution >= 4 is 5.78 Å². The summed E-state index contributed by atoms with van der Waals surface area (Å²) in [5.41, 5.74) is 0.446. The smallest absolute Gasteiger partial charge is 0.199 e. The first-order valence-corrected chi connectivity index (χ1v) is 6.28. The maximum absolute atomic E-state index is 11.2. The fourth-order valence-corrected chi connectivity index (χ4v) is 2.31. The molecule has 4 nitrogen and oxygen atoms in total. The van der Waals surface area contributed by atoms with Crippen molar-refractivity contribution in [3.8, 4) is 0 Å². The van der Waals surface area contributed by atoms with E-state index in [1.54, 1.807) is 0 Å². The molecule has 0 saturated carbocycles. The predicted octanol–water partition coefficient (Wildman–Crippen LogP) is 2.47. The molecule has 0 aromatic carbocycles. The van der Waals surface area contributed by atoms with Crippen LogP contribution in [-0.2, 0) is 0 Å². The Hall–Kier alpha value is -1.16. The van der Waals surface area contributed by atoms with Crippen LogP contribution in [0.1, 0.15) is 55.9 Å². The molecule has 94 valence electrons. The van der Waals surface area contributed by atoms with E-state index in [0.717, 1.165) is 25.4 Å². The Morgan fingerprint density at radius 3 is 2.94 bits per heavy atom. The topological polar surface area (TPSA) is 46.3 Å². The van der Waals surface area contributed by atoms with Crippen molar-refractivity contribution in [2.75, 3.05) is 13.1 Å². The van der Waals surface area contributed by atoms with E-state index in [2.05, 4.69) is 23.7 Å². The van der Waals surface area contributed by atoms with Crippen LogP contribution in [0.4, 0.5) is 0 Å². The lowest BCUT2D eigenvalue weighted by molar-refractivity contribution is 0.101. The fourth-order valence-electron chi connectivity index (χ4n) is 2.31. The summed E-state index contributed by atoms with van der Waals surface area (Å²) < 4.78 is 5.43. The molecule has 2 rings (SSSR count). The first kappa shape index (κ1) is 12.3. The van der Waals surface area contributed by atoms with Gasteiger partial charge in [0.1, 0.15) is 12.0 Å². The van der Waals surface area contributed by atoms with Crippen LogP contribution in [0.25, 0.3) is 0 Å². The molecule has 1 aromatic heterocycles. The van der Waals surface area contributed by atoms with E-state index < -0.39 is 0 Å². The molecule has 0 radical (unpaired) electrons. The van der Waals surface area contributed by atoms with Gasteiger partial charge in [0.15, 0.2) is 11.7 Å². The van der Waals surface area contributed by atoms with Crippen LogP contribution < -0.4 is 0 Å². The second-order valence-electron chi connectivity index (χ2n) is 5.06. The molecular formula is C13H20N2O2. The van der Waals surface area contributed by atoms with Crippen LogP contribution >= 0.6 is 0 Å². The number of carbonyl (C=O) groups excluding carboxylic acids is 1. The van der Waals surface area contributed by atoms with Crippen molar-refractivity contribution in [2.24, 2.45) is 0 Å². The molecule has 0 aliphatic carbocycles. The maximum Gasteiger partial charge on any atom is 0.199 e. The van der Waals surface area contributed by atoms with Crippen LogP contribution in [0.2, 0.25) is 0 Å². The lowest BCUT2D eigenvalue weighted by Gasteiger charge is -2.34. The van der Waals surface area contributed by atoms with Gasteiger partial charge in [0.2, 0.25) is 0 Å². The number of hydrogen-bond donors (Lipinski definition) is 0. The fraction of sp³-hybridized carbons (Fsp3) is 0.692. The summed E-state index contributed by atoms with van der Waals surface area (Å²) in [5.74, 6) is 1.02. The van der Waals surface area contributed by atoms with Crippen molar-refractivity contribution in [2.45, 2.75) is 45.6 Å². The highest BCUT2D eigenvalue weighted by Gasteiger charge is 2.26. The van der Waals surface area contributed by atoms with Gasteiger partial charge in [-0.1, -0.05) is 0 Å². The van der Waals surface area contributed by atoms with Crippen molar-refractivity contribution in [3.63, 3.8) is 0 Å². The van der Waals surface area contributed by atoms with Gasteiger partial charge in [-0.3, -0.25) is 4.79 Å². The van der Waals surface area contributed by atoms with Gasteiger partial charge in [-0.05, 0) is 33.2 Å². The summed E-state index contributed by atoms with van der Waals surface area (Å²) in [6, 6.07) is 0.556. The highest BCUT2D eigenvalue weighted by Crippen LogP contribution is 2.27. The average Bonchev–Trinajstić information content (AvgIpc) is 2.78. The third kappa shape index (κ3) is 2.75. The van der Waals surface area contributed by atoms with Gasteiger partial charge < -0.3 is 9.32 Å². The van der Waals surface area contributed by atoms with E-state index in [0.29, 0.717) is 17.7 Å². The second-order valence-corrected chi connectivity index (χ2v) is 5.06. The molecular weight excluding hydrogens is 216 g/mol. The molecule has 1 unspecified atom stereocenters. The molecule has 1 aliphatic heterocycles. The number of oxazole rings is 1. The predicted molar refractivity (Wildman–Crippen MR) is 65.2 cm³/mol. The molecule has 1 fully saturated rings. The van der Waals surface area contributed by atoms with E-state index in [4.69, 9.17) is 4.42 Å². The first-order valence-electron chi connectivity index (χ1n) is 6.28. The second kappa shape index (κ2) is 5.00. The Morgan fingerprint density at radius 1 is 1.59 bits per heavy atom. The molecule has 0 bridgehead atoms. The summed E-state index contributed by atoms with van der Waals surface area (Å²) in [4.78, 5) is 17.9. The zero-order chi connectivity index (χ0) is 12.4. The normalized spacial score (nSPS) is 22.0. The van der Waals surface area contributed by atoms with Gasteiger partial charge in [0, 0.05) is 25.4 Å². The van der Waals surface area contributed by atoms with E-state index >= 15 is 0 Å². The number of nitrogens with zero attached hydrogens (tertiary/aromatic N) is 2. The van der Waals surface area contributed by atoms with Crippen LogP contribution in [0.3, 0.4) is 0 Å². The van der Waals surface area contributed by atoms with Gasteiger partial charge in [-0.2, -0.15) is 0 Å². The summed E-state index contributed by atoms with van der Waals surface area (Å²) in [6.07, 6.45) is 3.74. The molecule has 2 heterocycles. The van der Waals surface area contributed by atoms with Crippen LogP contribution in [-0.4, -0.2) is 34.8 Å². The minimum absolute atomic E-state index is 0.0310. The number of rotatable bonds is 3. The zero-order valence-electron chi connectivity index (χ0n) is 10.8. The van der Waals surface area contributed by atoms with Gasteiger partial charge in [-0.25, -0.2) is 4.98 Å². The van der Waals surface area contributed by atoms with Crippen molar-refractivity contribution < 1.29 is 9.21 Å². The summed E-state index contributed by atoms with van der Waals surface area (Å²) >= 11 is 0. The lowest BCUT2D eigenvalue weighted by Crippen LogP contribution is -2.39. The highest BCUT2D eigenvalue weighted by molar-refractivity contribution is 5.91. The number of likely N-dealkylation sites (tertiary alicyclic amines) is 1. The number of ketones is 1. The molecule has 1 aliphatic rings. The molecule has 1 saturated heterocycles. The third-order valence-electron chi connectivity index (χ3n) is 3.42. The zero-order valence-corrected chi connectivity index (χ0v) is 10.8. The number of carbonyl (C=O) groups is 1. The minimum Gasteiger partial charge on any atom is -0.448 e. The van der Waals surface area contributed by atoms with Gasteiger partial charge in [-0.15, -0.1) is 0 Å². The molecule has 0 amide bonds. The Labute approximate surface area is 102 Å². The Kier molecular flexibility index (Phi) is 3.62. The Morgan fingerprint density at radius 2 is 2.35 bits per heavy atom. The van der Waals surface area contributed by atoms with Gasteiger partial charge >= 0.3 is 0 Å². The van der Waals surface area contributed by atoms with Crippen LogP contribution in [0.5, 0.6) is 0 Å². The third-order valence-corrected chi connectivity index (χ3v) is 3.42. The lowest BCUT2D eigenvalue weighted by atomic mass is 9.97. The van der Waals surface area contributed by atoms with Crippen LogP contribution in [0, 0.1) is 0 Å². The number of aromatic nitrogens is 1. The quantitative estimate of drug-likeness (QED) is 0.756. The average molecular weight is 236 g/mol. The number of Topliss-reactive ketones (excluding diaryl/α,β-unsaturated/α-hetero) is 1. The van der Waals surface area contributed by atoms with Crippen molar-refractivity contribution in [3.05, 3.63) is 17.8 Å². The Balaban J connectivity index is 2.08. The number of piperidine rings is 1.